The van der Waals surface area contributed by atoms with Crippen LogP contribution in [0.2, 0.25) is 0 Å². The van der Waals surface area contributed by atoms with E-state index in [1.54, 1.807) is 0 Å². The van der Waals surface area contributed by atoms with Crippen molar-refractivity contribution in [2.75, 3.05) is 13.1 Å². The standard InChI is InChI=1S/C14H26N2O/c1-5-6-7-8-10-15-13(4)14(17)16-11-9-12(2)3/h1,12-13,15H,6-11H2,2-4H3,(H,16,17). The monoisotopic (exact) mass is 238 g/mol. The number of rotatable bonds is 9. The smallest absolute Gasteiger partial charge is 0.236 e. The number of unbranched alkanes of at least 4 members (excludes halogenated alkanes) is 2. The Bertz CT molecular complexity index is 243. The first-order valence-corrected chi connectivity index (χ1v) is 6.52. The predicted molar refractivity (Wildman–Crippen MR) is 72.6 cm³/mol. The van der Waals surface area contributed by atoms with Crippen LogP contribution in [0.3, 0.4) is 0 Å². The minimum Gasteiger partial charge on any atom is -0.355 e. The van der Waals surface area contributed by atoms with Gasteiger partial charge in [0.1, 0.15) is 0 Å². The molecule has 0 aliphatic carbocycles. The number of hydrogen-bond acceptors (Lipinski definition) is 2. The lowest BCUT2D eigenvalue weighted by Crippen LogP contribution is -2.42. The maximum Gasteiger partial charge on any atom is 0.236 e. The van der Waals surface area contributed by atoms with E-state index in [4.69, 9.17) is 6.42 Å². The quantitative estimate of drug-likeness (QED) is 0.476. The highest BCUT2D eigenvalue weighted by molar-refractivity contribution is 5.81. The summed E-state index contributed by atoms with van der Waals surface area (Å²) in [6.45, 7) is 7.81. The number of carbonyl (C=O) groups is 1. The van der Waals surface area contributed by atoms with Crippen LogP contribution in [0.25, 0.3) is 0 Å². The molecule has 1 unspecified atom stereocenters. The molecule has 0 aliphatic heterocycles. The first kappa shape index (κ1) is 16.0. The molecule has 0 bridgehead atoms. The summed E-state index contributed by atoms with van der Waals surface area (Å²) in [5, 5.41) is 6.13. The molecule has 0 saturated carbocycles. The number of nitrogens with one attached hydrogen (secondary N) is 2. The van der Waals surface area contributed by atoms with Gasteiger partial charge in [-0.1, -0.05) is 13.8 Å². The van der Waals surface area contributed by atoms with Crippen LogP contribution < -0.4 is 10.6 Å². The van der Waals surface area contributed by atoms with Gasteiger partial charge in [-0.15, -0.1) is 12.3 Å². The predicted octanol–water partition coefficient (Wildman–Crippen LogP) is 1.93. The zero-order valence-corrected chi connectivity index (χ0v) is 11.4. The van der Waals surface area contributed by atoms with Gasteiger partial charge in [-0.05, 0) is 38.6 Å². The molecule has 98 valence electrons. The Morgan fingerprint density at radius 3 is 2.53 bits per heavy atom. The second-order valence-corrected chi connectivity index (χ2v) is 4.81. The molecule has 0 spiro atoms. The molecule has 3 nitrogen and oxygen atoms in total. The lowest BCUT2D eigenvalue weighted by Gasteiger charge is -2.14. The third-order valence-corrected chi connectivity index (χ3v) is 2.61. The summed E-state index contributed by atoms with van der Waals surface area (Å²) in [7, 11) is 0. The highest BCUT2D eigenvalue weighted by atomic mass is 16.2. The molecule has 0 radical (unpaired) electrons. The van der Waals surface area contributed by atoms with Crippen molar-refractivity contribution < 1.29 is 4.79 Å². The summed E-state index contributed by atoms with van der Waals surface area (Å²) >= 11 is 0. The summed E-state index contributed by atoms with van der Waals surface area (Å²) in [4.78, 5) is 11.6. The third kappa shape index (κ3) is 9.89. The molecular formula is C14H26N2O. The molecule has 0 aromatic heterocycles. The Kier molecular flexibility index (Phi) is 9.56. The fourth-order valence-electron chi connectivity index (χ4n) is 1.40. The molecule has 0 fully saturated rings. The summed E-state index contributed by atoms with van der Waals surface area (Å²) in [5.41, 5.74) is 0. The Labute approximate surface area is 106 Å². The molecule has 0 aromatic rings. The van der Waals surface area contributed by atoms with Gasteiger partial charge in [-0.3, -0.25) is 4.79 Å². The van der Waals surface area contributed by atoms with Gasteiger partial charge in [0.05, 0.1) is 6.04 Å². The highest BCUT2D eigenvalue weighted by Crippen LogP contribution is 1.97. The molecule has 2 N–H and O–H groups in total. The molecule has 17 heavy (non-hydrogen) atoms. The number of amides is 1. The zero-order chi connectivity index (χ0) is 13.1. The minimum absolute atomic E-state index is 0.0857. The highest BCUT2D eigenvalue weighted by Gasteiger charge is 2.10. The fraction of sp³-hybridized carbons (Fsp3) is 0.786. The molecule has 3 heteroatoms. The third-order valence-electron chi connectivity index (χ3n) is 2.61. The van der Waals surface area contributed by atoms with Crippen LogP contribution in [-0.4, -0.2) is 25.0 Å². The van der Waals surface area contributed by atoms with Crippen LogP contribution in [0.15, 0.2) is 0 Å². The second kappa shape index (κ2) is 10.2. The summed E-state index contributed by atoms with van der Waals surface area (Å²) < 4.78 is 0. The van der Waals surface area contributed by atoms with Crippen molar-refractivity contribution in [3.05, 3.63) is 0 Å². The van der Waals surface area contributed by atoms with Gasteiger partial charge >= 0.3 is 0 Å². The molecule has 1 amide bonds. The van der Waals surface area contributed by atoms with E-state index in [-0.39, 0.29) is 11.9 Å². The lowest BCUT2D eigenvalue weighted by atomic mass is 10.1. The van der Waals surface area contributed by atoms with E-state index >= 15 is 0 Å². The van der Waals surface area contributed by atoms with Crippen molar-refractivity contribution in [2.24, 2.45) is 5.92 Å². The lowest BCUT2D eigenvalue weighted by molar-refractivity contribution is -0.122. The molecule has 0 rings (SSSR count). The molecule has 0 saturated heterocycles. The molecular weight excluding hydrogens is 212 g/mol. The summed E-state index contributed by atoms with van der Waals surface area (Å²) in [5.74, 6) is 3.32. The van der Waals surface area contributed by atoms with Crippen molar-refractivity contribution in [3.8, 4) is 12.3 Å². The van der Waals surface area contributed by atoms with Crippen molar-refractivity contribution >= 4 is 5.91 Å². The van der Waals surface area contributed by atoms with Crippen LogP contribution >= 0.6 is 0 Å². The Balaban J connectivity index is 3.51. The number of terminal acetylenes is 1. The van der Waals surface area contributed by atoms with Crippen molar-refractivity contribution in [1.82, 2.24) is 10.6 Å². The molecule has 1 atom stereocenters. The molecule has 0 heterocycles. The first-order valence-electron chi connectivity index (χ1n) is 6.52. The van der Waals surface area contributed by atoms with Gasteiger partial charge in [0.25, 0.3) is 0 Å². The number of hydrogen-bond donors (Lipinski definition) is 2. The maximum absolute atomic E-state index is 11.6. The molecule has 0 aromatic carbocycles. The van der Waals surface area contributed by atoms with Crippen molar-refractivity contribution in [3.63, 3.8) is 0 Å². The van der Waals surface area contributed by atoms with Gasteiger partial charge in [0.2, 0.25) is 5.91 Å². The minimum atomic E-state index is -0.118. The maximum atomic E-state index is 11.6. The largest absolute Gasteiger partial charge is 0.355 e. The van der Waals surface area contributed by atoms with Gasteiger partial charge in [0.15, 0.2) is 0 Å². The second-order valence-electron chi connectivity index (χ2n) is 4.81. The van der Waals surface area contributed by atoms with Gasteiger partial charge in [0, 0.05) is 13.0 Å². The van der Waals surface area contributed by atoms with Crippen molar-refractivity contribution in [2.45, 2.75) is 52.5 Å². The average molecular weight is 238 g/mol. The van der Waals surface area contributed by atoms with Gasteiger partial charge < -0.3 is 10.6 Å². The van der Waals surface area contributed by atoms with Crippen LogP contribution in [-0.2, 0) is 4.79 Å². The van der Waals surface area contributed by atoms with Crippen LogP contribution in [0.5, 0.6) is 0 Å². The Morgan fingerprint density at radius 2 is 1.94 bits per heavy atom. The summed E-state index contributed by atoms with van der Waals surface area (Å²) in [6.07, 6.45) is 9.05. The number of carbonyl (C=O) groups excluding carboxylic acids is 1. The van der Waals surface area contributed by atoms with Gasteiger partial charge in [-0.2, -0.15) is 0 Å². The van der Waals surface area contributed by atoms with E-state index in [0.717, 1.165) is 38.8 Å². The SMILES string of the molecule is C#CCCCCNC(C)C(=O)NCCC(C)C. The zero-order valence-electron chi connectivity index (χ0n) is 11.4. The van der Waals surface area contributed by atoms with Crippen LogP contribution in [0, 0.1) is 18.3 Å². The van der Waals surface area contributed by atoms with E-state index in [1.165, 1.54) is 0 Å². The average Bonchev–Trinajstić information content (AvgIpc) is 2.27. The van der Waals surface area contributed by atoms with Crippen LogP contribution in [0.1, 0.15) is 46.5 Å². The Hall–Kier alpha value is -1.01. The van der Waals surface area contributed by atoms with Gasteiger partial charge in [-0.25, -0.2) is 0 Å². The topological polar surface area (TPSA) is 41.1 Å². The van der Waals surface area contributed by atoms with E-state index < -0.39 is 0 Å². The van der Waals surface area contributed by atoms with Crippen LogP contribution in [0.4, 0.5) is 0 Å². The van der Waals surface area contributed by atoms with E-state index in [2.05, 4.69) is 30.4 Å². The van der Waals surface area contributed by atoms with E-state index in [0.29, 0.717) is 5.92 Å². The van der Waals surface area contributed by atoms with E-state index in [9.17, 15) is 4.79 Å². The Morgan fingerprint density at radius 1 is 1.24 bits per heavy atom. The molecule has 0 aliphatic rings. The fourth-order valence-corrected chi connectivity index (χ4v) is 1.40. The first-order chi connectivity index (χ1) is 8.07. The summed E-state index contributed by atoms with van der Waals surface area (Å²) in [6, 6.07) is -0.118. The normalized spacial score (nSPS) is 12.2. The van der Waals surface area contributed by atoms with E-state index in [1.807, 2.05) is 6.92 Å². The van der Waals surface area contributed by atoms with Crippen molar-refractivity contribution in [1.29, 1.82) is 0 Å².